The highest BCUT2D eigenvalue weighted by atomic mass is 32.2. The zero-order valence-corrected chi connectivity index (χ0v) is 25.1. The number of halogens is 4. The molecule has 1 amide bonds. The molecular weight excluding hydrogens is 590 g/mol. The number of amides is 1. The molecule has 0 radical (unpaired) electrons. The Hall–Kier alpha value is -2.92. The Morgan fingerprint density at radius 2 is 1.79 bits per heavy atom. The van der Waals surface area contributed by atoms with Crippen molar-refractivity contribution in [3.05, 3.63) is 71.5 Å². The van der Waals surface area contributed by atoms with Crippen LogP contribution in [0.4, 0.5) is 17.6 Å². The number of thioether (sulfide) groups is 2. The van der Waals surface area contributed by atoms with Gasteiger partial charge in [0.1, 0.15) is 24.2 Å². The molecule has 4 rings (SSSR count). The van der Waals surface area contributed by atoms with Gasteiger partial charge < -0.3 is 15.2 Å². The molecule has 2 N–H and O–H groups in total. The zero-order valence-electron chi connectivity index (χ0n) is 23.5. The molecule has 1 fully saturated rings. The van der Waals surface area contributed by atoms with Crippen molar-refractivity contribution in [2.24, 2.45) is 5.92 Å². The van der Waals surface area contributed by atoms with E-state index in [-0.39, 0.29) is 34.6 Å². The third-order valence-electron chi connectivity index (χ3n) is 7.48. The van der Waals surface area contributed by atoms with Crippen LogP contribution in [0.2, 0.25) is 0 Å². The number of hydrogen-bond acceptors (Lipinski definition) is 5. The van der Waals surface area contributed by atoms with E-state index in [1.165, 1.54) is 48.5 Å². The number of carboxylic acids is 1. The first-order chi connectivity index (χ1) is 19.8. The standard InChI is InChI=1S/C31H33F4NO4S2/c1-4-18-5-12-23(15-18)41-30(2,3)27(29(38)39)36-28(37)25-13-8-20-16-21(32)9-14-24(20)26(25)40-17-19-6-10-22(11-7-19)42-31(33,34)35/h6-11,13-14,16,18,23,27H,4-5,12,15,17H2,1-3H3,(H,36,37)(H,38,39). The lowest BCUT2D eigenvalue weighted by Crippen LogP contribution is -2.53. The lowest BCUT2D eigenvalue weighted by molar-refractivity contribution is -0.139. The van der Waals surface area contributed by atoms with Gasteiger partial charge in [-0.2, -0.15) is 13.2 Å². The Kier molecular flexibility index (Phi) is 10.0. The summed E-state index contributed by atoms with van der Waals surface area (Å²) in [5, 5.41) is 14.0. The van der Waals surface area contributed by atoms with Gasteiger partial charge >= 0.3 is 11.5 Å². The Labute approximate surface area is 250 Å². The van der Waals surface area contributed by atoms with Crippen LogP contribution in [-0.2, 0) is 11.4 Å². The molecule has 42 heavy (non-hydrogen) atoms. The van der Waals surface area contributed by atoms with Crippen molar-refractivity contribution in [2.75, 3.05) is 0 Å². The number of hydrogen-bond donors (Lipinski definition) is 2. The lowest BCUT2D eigenvalue weighted by atomic mass is 10.0. The van der Waals surface area contributed by atoms with Crippen LogP contribution in [-0.4, -0.2) is 38.5 Å². The van der Waals surface area contributed by atoms with Gasteiger partial charge in [0, 0.05) is 20.3 Å². The zero-order chi connectivity index (χ0) is 30.7. The summed E-state index contributed by atoms with van der Waals surface area (Å²) in [6.45, 7) is 5.70. The highest BCUT2D eigenvalue weighted by molar-refractivity contribution is 8.01. The second kappa shape index (κ2) is 13.2. The SMILES string of the molecule is CCC1CCC(SC(C)(C)C(NC(=O)c2ccc3cc(F)ccc3c2OCc2ccc(SC(F)(F)F)cc2)C(=O)O)C1. The number of aliphatic carboxylic acids is 1. The molecule has 3 unspecified atom stereocenters. The molecule has 0 saturated heterocycles. The summed E-state index contributed by atoms with van der Waals surface area (Å²) in [6.07, 6.45) is 4.21. The van der Waals surface area contributed by atoms with E-state index >= 15 is 0 Å². The van der Waals surface area contributed by atoms with Crippen molar-refractivity contribution in [2.45, 2.75) is 79.5 Å². The van der Waals surface area contributed by atoms with Gasteiger partial charge in [0.05, 0.1) is 5.56 Å². The van der Waals surface area contributed by atoms with Crippen molar-refractivity contribution in [1.82, 2.24) is 5.32 Å². The fourth-order valence-electron chi connectivity index (χ4n) is 5.30. The number of fused-ring (bicyclic) bond motifs is 1. The van der Waals surface area contributed by atoms with Crippen LogP contribution in [0.25, 0.3) is 10.8 Å². The molecule has 0 heterocycles. The van der Waals surface area contributed by atoms with Gasteiger partial charge in [-0.3, -0.25) is 4.79 Å². The van der Waals surface area contributed by atoms with Crippen LogP contribution in [0.1, 0.15) is 62.4 Å². The molecule has 1 aliphatic carbocycles. The number of carbonyl (C=O) groups excluding carboxylic acids is 1. The van der Waals surface area contributed by atoms with Crippen LogP contribution in [0, 0.1) is 11.7 Å². The van der Waals surface area contributed by atoms with Crippen LogP contribution >= 0.6 is 23.5 Å². The Bertz CT molecular complexity index is 1430. The van der Waals surface area contributed by atoms with E-state index in [1.54, 1.807) is 17.8 Å². The molecule has 11 heteroatoms. The largest absolute Gasteiger partial charge is 0.487 e. The number of ether oxygens (including phenoxy) is 1. The van der Waals surface area contributed by atoms with Gasteiger partial charge in [-0.25, -0.2) is 9.18 Å². The number of carbonyl (C=O) groups is 2. The maximum absolute atomic E-state index is 14.0. The summed E-state index contributed by atoms with van der Waals surface area (Å²) in [7, 11) is 0. The molecule has 3 aromatic rings. The topological polar surface area (TPSA) is 75.6 Å². The summed E-state index contributed by atoms with van der Waals surface area (Å²) in [6, 6.07) is 11.4. The second-order valence-electron chi connectivity index (χ2n) is 11.0. The van der Waals surface area contributed by atoms with Gasteiger partial charge in [0.2, 0.25) is 0 Å². The second-order valence-corrected chi connectivity index (χ2v) is 14.1. The van der Waals surface area contributed by atoms with E-state index in [0.717, 1.165) is 25.7 Å². The number of rotatable bonds is 11. The molecule has 0 spiro atoms. The van der Waals surface area contributed by atoms with Crippen molar-refractivity contribution in [1.29, 1.82) is 0 Å². The minimum absolute atomic E-state index is 0.0231. The number of alkyl halides is 3. The molecule has 1 aliphatic rings. The van der Waals surface area contributed by atoms with E-state index in [2.05, 4.69) is 12.2 Å². The predicted molar refractivity (Wildman–Crippen MR) is 159 cm³/mol. The molecule has 1 saturated carbocycles. The Balaban J connectivity index is 1.58. The van der Waals surface area contributed by atoms with Crippen LogP contribution in [0.3, 0.4) is 0 Å². The van der Waals surface area contributed by atoms with E-state index in [4.69, 9.17) is 4.74 Å². The van der Waals surface area contributed by atoms with Crippen molar-refractivity contribution in [3.63, 3.8) is 0 Å². The first-order valence-electron chi connectivity index (χ1n) is 13.7. The van der Waals surface area contributed by atoms with Crippen molar-refractivity contribution in [3.8, 4) is 5.75 Å². The molecule has 0 aliphatic heterocycles. The van der Waals surface area contributed by atoms with E-state index in [9.17, 15) is 32.3 Å². The van der Waals surface area contributed by atoms with E-state index < -0.39 is 34.0 Å². The number of carboxylic acid groups (broad SMARTS) is 1. The molecule has 3 aromatic carbocycles. The fourth-order valence-corrected chi connectivity index (χ4v) is 7.61. The highest BCUT2D eigenvalue weighted by Gasteiger charge is 2.41. The normalized spacial score (nSPS) is 18.2. The highest BCUT2D eigenvalue weighted by Crippen LogP contribution is 2.43. The summed E-state index contributed by atoms with van der Waals surface area (Å²) in [5.74, 6) is -1.56. The smallest absolute Gasteiger partial charge is 0.446 e. The number of nitrogens with one attached hydrogen (secondary N) is 1. The van der Waals surface area contributed by atoms with Gasteiger partial charge in [0.15, 0.2) is 0 Å². The quantitative estimate of drug-likeness (QED) is 0.165. The maximum Gasteiger partial charge on any atom is 0.446 e. The maximum atomic E-state index is 14.0. The van der Waals surface area contributed by atoms with Crippen LogP contribution < -0.4 is 10.1 Å². The van der Waals surface area contributed by atoms with Gasteiger partial charge in [-0.1, -0.05) is 31.5 Å². The molecule has 0 aromatic heterocycles. The lowest BCUT2D eigenvalue weighted by Gasteiger charge is -2.34. The summed E-state index contributed by atoms with van der Waals surface area (Å²) < 4.78 is 57.3. The molecular formula is C31H33F4NO4S2. The minimum atomic E-state index is -4.41. The minimum Gasteiger partial charge on any atom is -0.487 e. The molecule has 3 atom stereocenters. The average Bonchev–Trinajstić information content (AvgIpc) is 3.36. The Morgan fingerprint density at radius 3 is 2.40 bits per heavy atom. The Morgan fingerprint density at radius 1 is 1.07 bits per heavy atom. The first-order valence-corrected chi connectivity index (χ1v) is 15.4. The van der Waals surface area contributed by atoms with E-state index in [1.807, 2.05) is 13.8 Å². The van der Waals surface area contributed by atoms with Crippen LogP contribution in [0.5, 0.6) is 5.75 Å². The van der Waals surface area contributed by atoms with Gasteiger partial charge in [-0.15, -0.1) is 11.8 Å². The molecule has 226 valence electrons. The van der Waals surface area contributed by atoms with Crippen LogP contribution in [0.15, 0.2) is 59.5 Å². The monoisotopic (exact) mass is 623 g/mol. The van der Waals surface area contributed by atoms with Crippen molar-refractivity contribution < 1.29 is 37.0 Å². The fraction of sp³-hybridized carbons (Fsp3) is 0.419. The summed E-state index contributed by atoms with van der Waals surface area (Å²) in [5.41, 5.74) is -3.79. The van der Waals surface area contributed by atoms with Crippen molar-refractivity contribution >= 4 is 46.2 Å². The predicted octanol–water partition coefficient (Wildman–Crippen LogP) is 8.44. The molecule has 5 nitrogen and oxygen atoms in total. The number of benzene rings is 3. The third kappa shape index (κ3) is 8.12. The average molecular weight is 624 g/mol. The first kappa shape index (κ1) is 32.0. The summed E-state index contributed by atoms with van der Waals surface area (Å²) >= 11 is 1.36. The van der Waals surface area contributed by atoms with E-state index in [0.29, 0.717) is 27.5 Å². The van der Waals surface area contributed by atoms with Gasteiger partial charge in [-0.05, 0) is 98.1 Å². The molecule has 0 bridgehead atoms. The summed E-state index contributed by atoms with van der Waals surface area (Å²) in [4.78, 5) is 26.0. The van der Waals surface area contributed by atoms with Gasteiger partial charge in [0.25, 0.3) is 5.91 Å². The third-order valence-corrected chi connectivity index (χ3v) is 9.82.